The molecule has 1 saturated heterocycles. The van der Waals surface area contributed by atoms with Gasteiger partial charge in [0.25, 0.3) is 5.91 Å². The number of carbonyl (C=O) groups excluding carboxylic acids is 2. The van der Waals surface area contributed by atoms with Crippen LogP contribution in [0.3, 0.4) is 0 Å². The first-order valence-corrected chi connectivity index (χ1v) is 9.59. The van der Waals surface area contributed by atoms with Crippen molar-refractivity contribution in [3.8, 4) is 0 Å². The van der Waals surface area contributed by atoms with Crippen molar-refractivity contribution < 1.29 is 9.59 Å². The van der Waals surface area contributed by atoms with Crippen LogP contribution in [-0.2, 0) is 11.2 Å². The topological polar surface area (TPSA) is 62.3 Å². The highest BCUT2D eigenvalue weighted by atomic mass is 16.2. The Morgan fingerprint density at radius 1 is 1.11 bits per heavy atom. The Kier molecular flexibility index (Phi) is 5.06. The number of para-hydroxylation sites is 1. The maximum atomic E-state index is 12.7. The SMILES string of the molecule is CNC(=O)c1cc(C2CCN(C(=O)Cc3ccccc3)C2)nc2ccccc12. The summed E-state index contributed by atoms with van der Waals surface area (Å²) in [5, 5.41) is 3.56. The molecular weight excluding hydrogens is 350 g/mol. The largest absolute Gasteiger partial charge is 0.355 e. The Morgan fingerprint density at radius 3 is 2.64 bits per heavy atom. The number of nitrogens with one attached hydrogen (secondary N) is 1. The Hall–Kier alpha value is -3.21. The zero-order valence-corrected chi connectivity index (χ0v) is 15.9. The van der Waals surface area contributed by atoms with E-state index in [1.54, 1.807) is 7.05 Å². The molecule has 4 rings (SSSR count). The summed E-state index contributed by atoms with van der Waals surface area (Å²) >= 11 is 0. The Balaban J connectivity index is 1.56. The first-order valence-electron chi connectivity index (χ1n) is 9.59. The number of hydrogen-bond donors (Lipinski definition) is 1. The van der Waals surface area contributed by atoms with Gasteiger partial charge in [-0.05, 0) is 24.1 Å². The maximum Gasteiger partial charge on any atom is 0.251 e. The molecule has 3 aromatic rings. The van der Waals surface area contributed by atoms with Crippen LogP contribution >= 0.6 is 0 Å². The number of fused-ring (bicyclic) bond motifs is 1. The average Bonchev–Trinajstić information content (AvgIpc) is 3.23. The Labute approximate surface area is 164 Å². The number of pyridine rings is 1. The van der Waals surface area contributed by atoms with Gasteiger partial charge in [-0.3, -0.25) is 14.6 Å². The third-order valence-electron chi connectivity index (χ3n) is 5.37. The van der Waals surface area contributed by atoms with Crippen molar-refractivity contribution in [1.29, 1.82) is 0 Å². The summed E-state index contributed by atoms with van der Waals surface area (Å²) in [4.78, 5) is 31.7. The molecule has 142 valence electrons. The van der Waals surface area contributed by atoms with E-state index in [2.05, 4.69) is 5.32 Å². The van der Waals surface area contributed by atoms with Gasteiger partial charge in [-0.15, -0.1) is 0 Å². The van der Waals surface area contributed by atoms with Crippen LogP contribution in [-0.4, -0.2) is 41.8 Å². The van der Waals surface area contributed by atoms with Crippen LogP contribution in [0.2, 0.25) is 0 Å². The molecule has 1 aliphatic heterocycles. The molecule has 0 saturated carbocycles. The van der Waals surface area contributed by atoms with Crippen molar-refractivity contribution in [3.63, 3.8) is 0 Å². The van der Waals surface area contributed by atoms with Crippen LogP contribution in [0.15, 0.2) is 60.7 Å². The van der Waals surface area contributed by atoms with E-state index in [1.807, 2.05) is 65.6 Å². The second-order valence-corrected chi connectivity index (χ2v) is 7.18. The van der Waals surface area contributed by atoms with E-state index in [4.69, 9.17) is 4.98 Å². The average molecular weight is 373 g/mol. The number of rotatable bonds is 4. The van der Waals surface area contributed by atoms with Gasteiger partial charge < -0.3 is 10.2 Å². The number of benzene rings is 2. The van der Waals surface area contributed by atoms with E-state index in [0.717, 1.165) is 35.1 Å². The quantitative estimate of drug-likeness (QED) is 0.764. The number of amides is 2. The highest BCUT2D eigenvalue weighted by Gasteiger charge is 2.29. The molecule has 5 heteroatoms. The second kappa shape index (κ2) is 7.80. The summed E-state index contributed by atoms with van der Waals surface area (Å²) in [5.41, 5.74) is 3.36. The minimum Gasteiger partial charge on any atom is -0.355 e. The standard InChI is InChI=1S/C23H23N3O2/c1-24-23(28)19-14-21(25-20-10-6-5-9-18(19)20)17-11-12-26(15-17)22(27)13-16-7-3-2-4-8-16/h2-10,14,17H,11-13,15H2,1H3,(H,24,28). The summed E-state index contributed by atoms with van der Waals surface area (Å²) < 4.78 is 0. The highest BCUT2D eigenvalue weighted by molar-refractivity contribution is 6.06. The van der Waals surface area contributed by atoms with E-state index in [-0.39, 0.29) is 17.7 Å². The molecular formula is C23H23N3O2. The summed E-state index contributed by atoms with van der Waals surface area (Å²) in [6.45, 7) is 1.37. The number of likely N-dealkylation sites (tertiary alicyclic amines) is 1. The maximum absolute atomic E-state index is 12.7. The van der Waals surface area contributed by atoms with Crippen LogP contribution < -0.4 is 5.32 Å². The first kappa shape index (κ1) is 18.2. The van der Waals surface area contributed by atoms with E-state index >= 15 is 0 Å². The molecule has 2 aromatic carbocycles. The van der Waals surface area contributed by atoms with Crippen LogP contribution in [0.25, 0.3) is 10.9 Å². The third kappa shape index (κ3) is 3.60. The van der Waals surface area contributed by atoms with Crippen molar-refractivity contribution >= 4 is 22.7 Å². The fourth-order valence-corrected chi connectivity index (χ4v) is 3.84. The molecule has 0 radical (unpaired) electrons. The zero-order valence-electron chi connectivity index (χ0n) is 15.9. The minimum atomic E-state index is -0.116. The smallest absolute Gasteiger partial charge is 0.251 e. The number of hydrogen-bond acceptors (Lipinski definition) is 3. The molecule has 0 aliphatic carbocycles. The molecule has 2 heterocycles. The van der Waals surface area contributed by atoms with Crippen LogP contribution in [0.1, 0.15) is 34.0 Å². The lowest BCUT2D eigenvalue weighted by Gasteiger charge is -2.17. The van der Waals surface area contributed by atoms with Crippen molar-refractivity contribution in [2.24, 2.45) is 0 Å². The van der Waals surface area contributed by atoms with Crippen LogP contribution in [0.5, 0.6) is 0 Å². The molecule has 2 amide bonds. The molecule has 5 nitrogen and oxygen atoms in total. The molecule has 1 atom stereocenters. The Morgan fingerprint density at radius 2 is 1.86 bits per heavy atom. The molecule has 1 fully saturated rings. The van der Waals surface area contributed by atoms with Gasteiger partial charge in [0, 0.05) is 37.1 Å². The normalized spacial score (nSPS) is 16.3. The van der Waals surface area contributed by atoms with E-state index < -0.39 is 0 Å². The van der Waals surface area contributed by atoms with Gasteiger partial charge in [0.05, 0.1) is 17.5 Å². The van der Waals surface area contributed by atoms with Gasteiger partial charge in [0.2, 0.25) is 5.91 Å². The van der Waals surface area contributed by atoms with E-state index in [1.165, 1.54) is 0 Å². The zero-order chi connectivity index (χ0) is 19.5. The molecule has 0 spiro atoms. The Bertz CT molecular complexity index is 1020. The van der Waals surface area contributed by atoms with Crippen molar-refractivity contribution in [3.05, 3.63) is 77.5 Å². The monoisotopic (exact) mass is 373 g/mol. The fraction of sp³-hybridized carbons (Fsp3) is 0.261. The van der Waals surface area contributed by atoms with Gasteiger partial charge in [-0.2, -0.15) is 0 Å². The first-order chi connectivity index (χ1) is 13.7. The number of carbonyl (C=O) groups is 2. The lowest BCUT2D eigenvalue weighted by atomic mass is 9.99. The summed E-state index contributed by atoms with van der Waals surface area (Å²) in [6, 6.07) is 19.4. The van der Waals surface area contributed by atoms with Crippen molar-refractivity contribution in [2.75, 3.05) is 20.1 Å². The summed E-state index contributed by atoms with van der Waals surface area (Å²) in [5.74, 6) is 0.170. The van der Waals surface area contributed by atoms with Crippen LogP contribution in [0, 0.1) is 0 Å². The molecule has 28 heavy (non-hydrogen) atoms. The summed E-state index contributed by atoms with van der Waals surface area (Å²) in [7, 11) is 1.64. The number of aromatic nitrogens is 1. The fourth-order valence-electron chi connectivity index (χ4n) is 3.84. The molecule has 0 bridgehead atoms. The van der Waals surface area contributed by atoms with Gasteiger partial charge in [-0.1, -0.05) is 48.5 Å². The second-order valence-electron chi connectivity index (χ2n) is 7.18. The van der Waals surface area contributed by atoms with E-state index in [9.17, 15) is 9.59 Å². The predicted octanol–water partition coefficient (Wildman–Crippen LogP) is 3.15. The lowest BCUT2D eigenvalue weighted by molar-refractivity contribution is -0.129. The summed E-state index contributed by atoms with van der Waals surface area (Å²) in [6.07, 6.45) is 1.28. The van der Waals surface area contributed by atoms with Gasteiger partial charge >= 0.3 is 0 Å². The number of nitrogens with zero attached hydrogens (tertiary/aromatic N) is 2. The molecule has 1 aliphatic rings. The minimum absolute atomic E-state index is 0.116. The predicted molar refractivity (Wildman–Crippen MR) is 109 cm³/mol. The lowest BCUT2D eigenvalue weighted by Crippen LogP contribution is -2.30. The van der Waals surface area contributed by atoms with E-state index in [0.29, 0.717) is 18.5 Å². The third-order valence-corrected chi connectivity index (χ3v) is 5.37. The molecule has 1 N–H and O–H groups in total. The van der Waals surface area contributed by atoms with Crippen LogP contribution in [0.4, 0.5) is 0 Å². The van der Waals surface area contributed by atoms with Gasteiger partial charge in [0.1, 0.15) is 0 Å². The molecule has 1 unspecified atom stereocenters. The highest BCUT2D eigenvalue weighted by Crippen LogP contribution is 2.29. The van der Waals surface area contributed by atoms with Gasteiger partial charge in [-0.25, -0.2) is 0 Å². The van der Waals surface area contributed by atoms with Crippen molar-refractivity contribution in [2.45, 2.75) is 18.8 Å². The molecule has 1 aromatic heterocycles. The van der Waals surface area contributed by atoms with Crippen molar-refractivity contribution in [1.82, 2.24) is 15.2 Å². The van der Waals surface area contributed by atoms with Gasteiger partial charge in [0.15, 0.2) is 0 Å².